The molecule has 0 saturated carbocycles. The maximum atomic E-state index is 4.34. The maximum absolute atomic E-state index is 4.34. The number of nitrogens with one attached hydrogen (secondary N) is 1. The molecule has 0 fully saturated rings. The van der Waals surface area contributed by atoms with Gasteiger partial charge in [0.25, 0.3) is 0 Å². The molecule has 0 aliphatic heterocycles. The molecule has 2 rings (SSSR count). The topological polar surface area (TPSA) is 24.9 Å². The fraction of sp³-hybridized carbons (Fsp3) is 0.182. The Balaban J connectivity index is 1.90. The zero-order chi connectivity index (χ0) is 11.4. The Labute approximate surface area is 115 Å². The largest absolute Gasteiger partial charge is 0.306 e. The fourth-order valence-corrected chi connectivity index (χ4v) is 3.09. The van der Waals surface area contributed by atoms with Crippen LogP contribution in [0.15, 0.2) is 38.7 Å². The zero-order valence-corrected chi connectivity index (χ0v) is 12.4. The van der Waals surface area contributed by atoms with Gasteiger partial charge < -0.3 is 5.32 Å². The Morgan fingerprint density at radius 3 is 2.88 bits per heavy atom. The highest BCUT2D eigenvalue weighted by molar-refractivity contribution is 9.11. The van der Waals surface area contributed by atoms with Gasteiger partial charge in [-0.15, -0.1) is 11.3 Å². The van der Waals surface area contributed by atoms with Gasteiger partial charge >= 0.3 is 0 Å². The second kappa shape index (κ2) is 5.91. The van der Waals surface area contributed by atoms with E-state index < -0.39 is 0 Å². The van der Waals surface area contributed by atoms with Crippen LogP contribution in [0.1, 0.15) is 10.6 Å². The maximum Gasteiger partial charge on any atom is 0.0684 e. The lowest BCUT2D eigenvalue weighted by Crippen LogP contribution is -2.13. The molecule has 0 radical (unpaired) electrons. The molecule has 0 bridgehead atoms. The second-order valence-electron chi connectivity index (χ2n) is 3.26. The molecule has 2 aromatic rings. The smallest absolute Gasteiger partial charge is 0.0684 e. The summed E-state index contributed by atoms with van der Waals surface area (Å²) >= 11 is 8.64. The molecule has 5 heteroatoms. The molecule has 2 heterocycles. The molecule has 0 aliphatic rings. The van der Waals surface area contributed by atoms with Crippen LogP contribution >= 0.6 is 43.2 Å². The third-order valence-corrected chi connectivity index (χ3v) is 4.05. The van der Waals surface area contributed by atoms with Crippen molar-refractivity contribution in [1.29, 1.82) is 0 Å². The molecule has 0 unspecified atom stereocenters. The van der Waals surface area contributed by atoms with E-state index in [2.05, 4.69) is 59.7 Å². The molecule has 0 aromatic carbocycles. The summed E-state index contributed by atoms with van der Waals surface area (Å²) in [6.07, 6.45) is 1.81. The molecule has 16 heavy (non-hydrogen) atoms. The first-order valence-corrected chi connectivity index (χ1v) is 7.25. The first-order chi connectivity index (χ1) is 7.75. The minimum atomic E-state index is 0.770. The van der Waals surface area contributed by atoms with E-state index in [4.69, 9.17) is 0 Å². The summed E-state index contributed by atoms with van der Waals surface area (Å²) in [5, 5.41) is 5.46. The van der Waals surface area contributed by atoms with Gasteiger partial charge in [-0.3, -0.25) is 4.98 Å². The minimum Gasteiger partial charge on any atom is -0.306 e. The Kier molecular flexibility index (Phi) is 4.52. The minimum absolute atomic E-state index is 0.770. The standard InChI is InChI=1S/C11H10Br2N2S/c12-8-4-10(13)11(15-5-8)7-14-6-9-2-1-3-16-9/h1-5,14H,6-7H2. The number of hydrogen-bond donors (Lipinski definition) is 1. The van der Waals surface area contributed by atoms with Crippen LogP contribution in [0, 0.1) is 0 Å². The molecule has 0 spiro atoms. The van der Waals surface area contributed by atoms with Crippen molar-refractivity contribution in [3.05, 3.63) is 49.3 Å². The average molecular weight is 362 g/mol. The highest BCUT2D eigenvalue weighted by atomic mass is 79.9. The van der Waals surface area contributed by atoms with Gasteiger partial charge in [-0.2, -0.15) is 0 Å². The normalized spacial score (nSPS) is 10.6. The predicted octanol–water partition coefficient (Wildman–Crippen LogP) is 3.96. The first kappa shape index (κ1) is 12.2. The second-order valence-corrected chi connectivity index (χ2v) is 6.07. The number of nitrogens with zero attached hydrogens (tertiary/aromatic N) is 1. The van der Waals surface area contributed by atoms with Gasteiger partial charge in [-0.1, -0.05) is 6.07 Å². The Bertz CT molecular complexity index is 457. The van der Waals surface area contributed by atoms with Gasteiger partial charge in [0.15, 0.2) is 0 Å². The molecular weight excluding hydrogens is 352 g/mol. The average Bonchev–Trinajstić information content (AvgIpc) is 2.74. The predicted molar refractivity (Wildman–Crippen MR) is 74.5 cm³/mol. The SMILES string of the molecule is Brc1cnc(CNCc2cccs2)c(Br)c1. The van der Waals surface area contributed by atoms with E-state index in [1.807, 2.05) is 12.3 Å². The summed E-state index contributed by atoms with van der Waals surface area (Å²) in [4.78, 5) is 5.68. The Morgan fingerprint density at radius 2 is 2.19 bits per heavy atom. The van der Waals surface area contributed by atoms with Crippen LogP contribution < -0.4 is 5.32 Å². The van der Waals surface area contributed by atoms with E-state index in [0.29, 0.717) is 0 Å². The third-order valence-electron chi connectivity index (χ3n) is 2.06. The first-order valence-electron chi connectivity index (χ1n) is 4.79. The van der Waals surface area contributed by atoms with Gasteiger partial charge in [0.1, 0.15) is 0 Å². The summed E-state index contributed by atoms with van der Waals surface area (Å²) in [6, 6.07) is 6.20. The number of thiophene rings is 1. The summed E-state index contributed by atoms with van der Waals surface area (Å²) < 4.78 is 2.02. The summed E-state index contributed by atoms with van der Waals surface area (Å²) in [5.41, 5.74) is 1.03. The monoisotopic (exact) mass is 360 g/mol. The van der Waals surface area contributed by atoms with E-state index in [-0.39, 0.29) is 0 Å². The van der Waals surface area contributed by atoms with Crippen molar-refractivity contribution >= 4 is 43.2 Å². The van der Waals surface area contributed by atoms with E-state index in [0.717, 1.165) is 27.7 Å². The summed E-state index contributed by atoms with van der Waals surface area (Å²) in [6.45, 7) is 1.66. The van der Waals surface area contributed by atoms with Crippen LogP contribution in [-0.2, 0) is 13.1 Å². The van der Waals surface area contributed by atoms with Crippen molar-refractivity contribution in [2.24, 2.45) is 0 Å². The fourth-order valence-electron chi connectivity index (χ4n) is 1.29. The molecular formula is C11H10Br2N2S. The van der Waals surface area contributed by atoms with Crippen LogP contribution in [0.3, 0.4) is 0 Å². The van der Waals surface area contributed by atoms with E-state index >= 15 is 0 Å². The molecule has 0 aliphatic carbocycles. The van der Waals surface area contributed by atoms with Gasteiger partial charge in [-0.05, 0) is 49.4 Å². The van der Waals surface area contributed by atoms with Crippen molar-refractivity contribution in [3.8, 4) is 0 Å². The van der Waals surface area contributed by atoms with Crippen molar-refractivity contribution in [3.63, 3.8) is 0 Å². The molecule has 1 N–H and O–H groups in total. The molecule has 0 saturated heterocycles. The lowest BCUT2D eigenvalue weighted by Gasteiger charge is -2.05. The molecule has 2 nitrogen and oxygen atoms in total. The summed E-state index contributed by atoms with van der Waals surface area (Å²) in [5.74, 6) is 0. The number of rotatable bonds is 4. The van der Waals surface area contributed by atoms with Crippen molar-refractivity contribution in [1.82, 2.24) is 10.3 Å². The highest BCUT2D eigenvalue weighted by Gasteiger charge is 2.02. The number of hydrogen-bond acceptors (Lipinski definition) is 3. The van der Waals surface area contributed by atoms with Crippen LogP contribution in [0.4, 0.5) is 0 Å². The molecule has 84 valence electrons. The van der Waals surface area contributed by atoms with Crippen LogP contribution in [0.25, 0.3) is 0 Å². The molecule has 2 aromatic heterocycles. The van der Waals surface area contributed by atoms with Gasteiger partial charge in [-0.25, -0.2) is 0 Å². The van der Waals surface area contributed by atoms with E-state index in [9.17, 15) is 0 Å². The zero-order valence-electron chi connectivity index (χ0n) is 8.41. The molecule has 0 amide bonds. The van der Waals surface area contributed by atoms with Crippen molar-refractivity contribution < 1.29 is 0 Å². The molecule has 0 atom stereocenters. The van der Waals surface area contributed by atoms with Crippen LogP contribution in [-0.4, -0.2) is 4.98 Å². The van der Waals surface area contributed by atoms with Gasteiger partial charge in [0, 0.05) is 33.1 Å². The Morgan fingerprint density at radius 1 is 1.31 bits per heavy atom. The van der Waals surface area contributed by atoms with Gasteiger partial charge in [0.05, 0.1) is 5.69 Å². The quantitative estimate of drug-likeness (QED) is 0.891. The van der Waals surface area contributed by atoms with Crippen LogP contribution in [0.2, 0.25) is 0 Å². The number of pyridine rings is 1. The third kappa shape index (κ3) is 3.38. The van der Waals surface area contributed by atoms with Gasteiger partial charge in [0.2, 0.25) is 0 Å². The van der Waals surface area contributed by atoms with Crippen molar-refractivity contribution in [2.75, 3.05) is 0 Å². The van der Waals surface area contributed by atoms with Crippen LogP contribution in [0.5, 0.6) is 0 Å². The Hall–Kier alpha value is -0.230. The number of halogens is 2. The van der Waals surface area contributed by atoms with E-state index in [1.165, 1.54) is 4.88 Å². The highest BCUT2D eigenvalue weighted by Crippen LogP contribution is 2.19. The number of aromatic nitrogens is 1. The van der Waals surface area contributed by atoms with E-state index in [1.54, 1.807) is 11.3 Å². The summed E-state index contributed by atoms with van der Waals surface area (Å²) in [7, 11) is 0. The lowest BCUT2D eigenvalue weighted by atomic mass is 10.3. The van der Waals surface area contributed by atoms with Crippen molar-refractivity contribution in [2.45, 2.75) is 13.1 Å². The lowest BCUT2D eigenvalue weighted by molar-refractivity contribution is 0.684.